The van der Waals surface area contributed by atoms with Gasteiger partial charge in [0.05, 0.1) is 6.61 Å². The lowest BCUT2D eigenvalue weighted by molar-refractivity contribution is 0.198. The summed E-state index contributed by atoms with van der Waals surface area (Å²) in [5.74, 6) is 0.738. The molecule has 1 aromatic heterocycles. The Kier molecular flexibility index (Phi) is 6.64. The molecular formula is C12H21NOS. The van der Waals surface area contributed by atoms with Crippen molar-refractivity contribution in [1.82, 2.24) is 5.32 Å². The minimum absolute atomic E-state index is 0.738. The molecule has 0 bridgehead atoms. The molecule has 3 heteroatoms. The summed E-state index contributed by atoms with van der Waals surface area (Å²) in [5, 5.41) is 7.78. The van der Waals surface area contributed by atoms with Gasteiger partial charge in [-0.2, -0.15) is 11.3 Å². The topological polar surface area (TPSA) is 21.3 Å². The number of hydrogen-bond acceptors (Lipinski definition) is 3. The third-order valence-corrected chi connectivity index (χ3v) is 3.21. The molecule has 0 aliphatic heterocycles. The van der Waals surface area contributed by atoms with Gasteiger partial charge in [-0.05, 0) is 47.7 Å². The lowest BCUT2D eigenvalue weighted by Gasteiger charge is -2.11. The Morgan fingerprint density at radius 1 is 1.53 bits per heavy atom. The summed E-state index contributed by atoms with van der Waals surface area (Å²) in [6, 6.07) is 2.22. The van der Waals surface area contributed by atoms with Crippen LogP contribution in [0.4, 0.5) is 0 Å². The van der Waals surface area contributed by atoms with Crippen LogP contribution in [0.15, 0.2) is 16.8 Å². The fourth-order valence-corrected chi connectivity index (χ4v) is 2.18. The molecule has 0 aliphatic rings. The lowest BCUT2D eigenvalue weighted by atomic mass is 10.0. The summed E-state index contributed by atoms with van der Waals surface area (Å²) in [4.78, 5) is 0. The van der Waals surface area contributed by atoms with E-state index in [2.05, 4.69) is 29.1 Å². The minimum Gasteiger partial charge on any atom is -0.383 e. The molecule has 1 aromatic rings. The molecule has 0 radical (unpaired) electrons. The normalized spacial score (nSPS) is 12.9. The maximum atomic E-state index is 4.98. The molecule has 1 atom stereocenters. The van der Waals surface area contributed by atoms with E-state index < -0.39 is 0 Å². The molecule has 1 rings (SSSR count). The fraction of sp³-hybridized carbons (Fsp3) is 0.667. The van der Waals surface area contributed by atoms with Gasteiger partial charge in [-0.25, -0.2) is 0 Å². The van der Waals surface area contributed by atoms with Gasteiger partial charge >= 0.3 is 0 Å². The standard InChI is InChI=1S/C12H21NOS/c1-11(9-13-6-7-14-2)3-4-12-5-8-15-10-12/h5,8,10-11,13H,3-4,6-7,9H2,1-2H3. The van der Waals surface area contributed by atoms with Crippen LogP contribution >= 0.6 is 11.3 Å². The highest BCUT2D eigenvalue weighted by molar-refractivity contribution is 7.07. The Balaban J connectivity index is 2.01. The highest BCUT2D eigenvalue weighted by Crippen LogP contribution is 2.11. The van der Waals surface area contributed by atoms with Crippen molar-refractivity contribution in [3.05, 3.63) is 22.4 Å². The van der Waals surface area contributed by atoms with E-state index in [0.717, 1.165) is 25.6 Å². The number of nitrogens with one attached hydrogen (secondary N) is 1. The number of thiophene rings is 1. The van der Waals surface area contributed by atoms with Crippen LogP contribution in [-0.2, 0) is 11.2 Å². The predicted octanol–water partition coefficient (Wildman–Crippen LogP) is 2.55. The summed E-state index contributed by atoms with van der Waals surface area (Å²) < 4.78 is 4.98. The molecule has 0 aliphatic carbocycles. The number of rotatable bonds is 8. The highest BCUT2D eigenvalue weighted by Gasteiger charge is 2.02. The molecule has 1 heterocycles. The van der Waals surface area contributed by atoms with E-state index in [1.165, 1.54) is 18.4 Å². The smallest absolute Gasteiger partial charge is 0.0587 e. The van der Waals surface area contributed by atoms with Crippen LogP contribution in [0.1, 0.15) is 18.9 Å². The third kappa shape index (κ3) is 5.92. The first-order valence-corrected chi connectivity index (χ1v) is 6.48. The van der Waals surface area contributed by atoms with Crippen molar-refractivity contribution >= 4 is 11.3 Å². The van der Waals surface area contributed by atoms with Gasteiger partial charge in [-0.15, -0.1) is 0 Å². The summed E-state index contributed by atoms with van der Waals surface area (Å²) in [7, 11) is 1.74. The van der Waals surface area contributed by atoms with E-state index in [4.69, 9.17) is 4.74 Å². The Morgan fingerprint density at radius 3 is 3.07 bits per heavy atom. The number of aryl methyl sites for hydroxylation is 1. The van der Waals surface area contributed by atoms with Crippen LogP contribution in [0.2, 0.25) is 0 Å². The zero-order valence-corrected chi connectivity index (χ0v) is 10.5. The molecule has 0 aromatic carbocycles. The Morgan fingerprint density at radius 2 is 2.40 bits per heavy atom. The monoisotopic (exact) mass is 227 g/mol. The van der Waals surface area contributed by atoms with E-state index in [-0.39, 0.29) is 0 Å². The van der Waals surface area contributed by atoms with Gasteiger partial charge in [0.15, 0.2) is 0 Å². The van der Waals surface area contributed by atoms with Crippen LogP contribution in [0, 0.1) is 5.92 Å². The predicted molar refractivity (Wildman–Crippen MR) is 66.5 cm³/mol. The van der Waals surface area contributed by atoms with Gasteiger partial charge in [-0.1, -0.05) is 6.92 Å². The summed E-state index contributed by atoms with van der Waals surface area (Å²) in [6.45, 7) is 5.15. The number of ether oxygens (including phenoxy) is 1. The van der Waals surface area contributed by atoms with E-state index >= 15 is 0 Å². The van der Waals surface area contributed by atoms with Gasteiger partial charge in [-0.3, -0.25) is 0 Å². The van der Waals surface area contributed by atoms with Crippen molar-refractivity contribution in [2.45, 2.75) is 19.8 Å². The van der Waals surface area contributed by atoms with Crippen LogP contribution in [0.3, 0.4) is 0 Å². The zero-order chi connectivity index (χ0) is 10.9. The van der Waals surface area contributed by atoms with E-state index in [1.807, 2.05) is 0 Å². The van der Waals surface area contributed by atoms with Crippen LogP contribution in [-0.4, -0.2) is 26.8 Å². The van der Waals surface area contributed by atoms with Crippen molar-refractivity contribution in [3.8, 4) is 0 Å². The zero-order valence-electron chi connectivity index (χ0n) is 9.66. The van der Waals surface area contributed by atoms with Crippen molar-refractivity contribution in [2.75, 3.05) is 26.8 Å². The first kappa shape index (κ1) is 12.7. The molecule has 15 heavy (non-hydrogen) atoms. The quantitative estimate of drug-likeness (QED) is 0.689. The molecular weight excluding hydrogens is 206 g/mol. The van der Waals surface area contributed by atoms with Crippen molar-refractivity contribution in [1.29, 1.82) is 0 Å². The van der Waals surface area contributed by atoms with Gasteiger partial charge in [0.1, 0.15) is 0 Å². The summed E-state index contributed by atoms with van der Waals surface area (Å²) in [6.07, 6.45) is 2.47. The molecule has 1 N–H and O–H groups in total. The second-order valence-electron chi connectivity index (χ2n) is 3.97. The molecule has 86 valence electrons. The Bertz CT molecular complexity index is 236. The van der Waals surface area contributed by atoms with Gasteiger partial charge < -0.3 is 10.1 Å². The average Bonchev–Trinajstić information content (AvgIpc) is 2.74. The van der Waals surface area contributed by atoms with Gasteiger partial charge in [0, 0.05) is 13.7 Å². The Hall–Kier alpha value is -0.380. The molecule has 2 nitrogen and oxygen atoms in total. The molecule has 0 saturated carbocycles. The molecule has 0 saturated heterocycles. The molecule has 0 fully saturated rings. The first-order chi connectivity index (χ1) is 7.33. The Labute approximate surface area is 96.7 Å². The van der Waals surface area contributed by atoms with E-state index in [1.54, 1.807) is 18.4 Å². The maximum Gasteiger partial charge on any atom is 0.0587 e. The van der Waals surface area contributed by atoms with Crippen LogP contribution in [0.25, 0.3) is 0 Å². The van der Waals surface area contributed by atoms with E-state index in [0.29, 0.717) is 0 Å². The van der Waals surface area contributed by atoms with Gasteiger partial charge in [0.2, 0.25) is 0 Å². The summed E-state index contributed by atoms with van der Waals surface area (Å²) in [5.41, 5.74) is 1.48. The average molecular weight is 227 g/mol. The van der Waals surface area contributed by atoms with Crippen molar-refractivity contribution < 1.29 is 4.74 Å². The molecule has 1 unspecified atom stereocenters. The number of methoxy groups -OCH3 is 1. The van der Waals surface area contributed by atoms with Crippen LogP contribution < -0.4 is 5.32 Å². The first-order valence-electron chi connectivity index (χ1n) is 5.53. The highest BCUT2D eigenvalue weighted by atomic mass is 32.1. The fourth-order valence-electron chi connectivity index (χ4n) is 1.47. The van der Waals surface area contributed by atoms with Gasteiger partial charge in [0.25, 0.3) is 0 Å². The SMILES string of the molecule is COCCNCC(C)CCc1ccsc1. The van der Waals surface area contributed by atoms with Crippen molar-refractivity contribution in [3.63, 3.8) is 0 Å². The molecule has 0 spiro atoms. The largest absolute Gasteiger partial charge is 0.383 e. The second-order valence-corrected chi connectivity index (χ2v) is 4.75. The molecule has 0 amide bonds. The third-order valence-electron chi connectivity index (χ3n) is 2.48. The van der Waals surface area contributed by atoms with Crippen molar-refractivity contribution in [2.24, 2.45) is 5.92 Å². The second kappa shape index (κ2) is 7.85. The summed E-state index contributed by atoms with van der Waals surface area (Å²) >= 11 is 1.78. The number of hydrogen-bond donors (Lipinski definition) is 1. The maximum absolute atomic E-state index is 4.98. The minimum atomic E-state index is 0.738. The van der Waals surface area contributed by atoms with Crippen LogP contribution in [0.5, 0.6) is 0 Å². The lowest BCUT2D eigenvalue weighted by Crippen LogP contribution is -2.25. The van der Waals surface area contributed by atoms with E-state index in [9.17, 15) is 0 Å².